The number of hydrogen-bond acceptors (Lipinski definition) is 3. The van der Waals surface area contributed by atoms with Crippen LogP contribution in [-0.2, 0) is 0 Å². The number of rotatable bonds is 1. The molecule has 0 aliphatic rings. The van der Waals surface area contributed by atoms with E-state index in [4.69, 9.17) is 11.1 Å². The molecule has 0 fully saturated rings. The zero-order valence-electron chi connectivity index (χ0n) is 6.20. The number of nitrogens with two attached hydrogens (primary N) is 1. The molecular formula is C7H7N5. The van der Waals surface area contributed by atoms with E-state index in [1.165, 1.54) is 6.33 Å². The highest BCUT2D eigenvalue weighted by Gasteiger charge is 2.05. The van der Waals surface area contributed by atoms with Gasteiger partial charge in [-0.2, -0.15) is 0 Å². The number of hydrogen-bond donors (Lipinski definition) is 3. The summed E-state index contributed by atoms with van der Waals surface area (Å²) in [5, 5.41) is 8.02. The molecule has 0 saturated carbocycles. The normalized spacial score (nSPS) is 10.3. The van der Waals surface area contributed by atoms with E-state index in [1.807, 2.05) is 0 Å². The highest BCUT2D eigenvalue weighted by atomic mass is 14.9. The maximum atomic E-state index is 7.24. The second kappa shape index (κ2) is 2.30. The number of nitrogens with zero attached hydrogens (tertiary/aromatic N) is 2. The Balaban J connectivity index is 2.79. The summed E-state index contributed by atoms with van der Waals surface area (Å²) in [6, 6.07) is 0. The Bertz CT molecular complexity index is 430. The molecule has 0 aromatic carbocycles. The summed E-state index contributed by atoms with van der Waals surface area (Å²) in [7, 11) is 0. The number of nitrogen functional groups attached to an aromatic ring is 1. The third kappa shape index (κ3) is 0.833. The number of fused-ring (bicyclic) bond motifs is 1. The lowest BCUT2D eigenvalue weighted by molar-refractivity contribution is 1.20. The highest BCUT2D eigenvalue weighted by Crippen LogP contribution is 2.12. The van der Waals surface area contributed by atoms with Crippen LogP contribution in [0, 0.1) is 5.41 Å². The van der Waals surface area contributed by atoms with Gasteiger partial charge in [0.1, 0.15) is 17.8 Å². The lowest BCUT2D eigenvalue weighted by atomic mass is 10.2. The fourth-order valence-corrected chi connectivity index (χ4v) is 1.08. The van der Waals surface area contributed by atoms with Crippen LogP contribution in [-0.4, -0.2) is 20.8 Å². The molecular weight excluding hydrogens is 154 g/mol. The fraction of sp³-hybridized carbons (Fsp3) is 0. The van der Waals surface area contributed by atoms with Crippen molar-refractivity contribution in [3.63, 3.8) is 0 Å². The van der Waals surface area contributed by atoms with Crippen molar-refractivity contribution in [3.05, 3.63) is 24.3 Å². The van der Waals surface area contributed by atoms with Crippen LogP contribution >= 0.6 is 0 Å². The Labute approximate surface area is 68.2 Å². The molecule has 5 nitrogen and oxygen atoms in total. The second-order valence-corrected chi connectivity index (χ2v) is 2.40. The predicted octanol–water partition coefficient (Wildman–Crippen LogP) is 0.242. The minimum absolute atomic E-state index is 0.0241. The monoisotopic (exact) mass is 161 g/mol. The Morgan fingerprint density at radius 1 is 1.58 bits per heavy atom. The van der Waals surface area contributed by atoms with E-state index >= 15 is 0 Å². The summed E-state index contributed by atoms with van der Waals surface area (Å²) < 4.78 is 0. The quantitative estimate of drug-likeness (QED) is 0.413. The number of H-pyrrole nitrogens is 1. The fourth-order valence-electron chi connectivity index (χ4n) is 1.08. The molecule has 2 rings (SSSR count). The molecule has 4 N–H and O–H groups in total. The van der Waals surface area contributed by atoms with Crippen LogP contribution in [0.5, 0.6) is 0 Å². The molecule has 60 valence electrons. The van der Waals surface area contributed by atoms with Gasteiger partial charge in [0.15, 0.2) is 0 Å². The van der Waals surface area contributed by atoms with Crippen molar-refractivity contribution in [1.29, 1.82) is 5.41 Å². The van der Waals surface area contributed by atoms with Gasteiger partial charge < -0.3 is 10.7 Å². The van der Waals surface area contributed by atoms with Gasteiger partial charge in [-0.3, -0.25) is 5.41 Å². The molecule has 0 radical (unpaired) electrons. The van der Waals surface area contributed by atoms with Crippen LogP contribution in [0.25, 0.3) is 11.0 Å². The van der Waals surface area contributed by atoms with Crippen molar-refractivity contribution >= 4 is 16.9 Å². The molecule has 2 heterocycles. The zero-order chi connectivity index (χ0) is 8.55. The Morgan fingerprint density at radius 2 is 2.42 bits per heavy atom. The molecule has 0 saturated heterocycles. The van der Waals surface area contributed by atoms with E-state index in [-0.39, 0.29) is 5.84 Å². The average molecular weight is 161 g/mol. The molecule has 0 aliphatic heterocycles. The van der Waals surface area contributed by atoms with Crippen LogP contribution in [0.2, 0.25) is 0 Å². The van der Waals surface area contributed by atoms with Gasteiger partial charge in [-0.1, -0.05) is 0 Å². The van der Waals surface area contributed by atoms with E-state index in [2.05, 4.69) is 15.0 Å². The minimum atomic E-state index is 0.0241. The van der Waals surface area contributed by atoms with Gasteiger partial charge in [0.2, 0.25) is 0 Å². The van der Waals surface area contributed by atoms with Gasteiger partial charge in [0.05, 0.1) is 0 Å². The smallest absolute Gasteiger partial charge is 0.141 e. The summed E-state index contributed by atoms with van der Waals surface area (Å²) >= 11 is 0. The van der Waals surface area contributed by atoms with Gasteiger partial charge in [0.25, 0.3) is 0 Å². The Hall–Kier alpha value is -1.91. The predicted molar refractivity (Wildman–Crippen MR) is 44.9 cm³/mol. The van der Waals surface area contributed by atoms with E-state index in [9.17, 15) is 0 Å². The summed E-state index contributed by atoms with van der Waals surface area (Å²) in [5.74, 6) is 0.0241. The van der Waals surface area contributed by atoms with Gasteiger partial charge in [-0.15, -0.1) is 0 Å². The van der Waals surface area contributed by atoms with Crippen molar-refractivity contribution in [3.8, 4) is 0 Å². The third-order valence-corrected chi connectivity index (χ3v) is 1.65. The first-order valence-corrected chi connectivity index (χ1v) is 3.40. The molecule has 0 unspecified atom stereocenters. The molecule has 2 aromatic heterocycles. The van der Waals surface area contributed by atoms with Gasteiger partial charge in [0, 0.05) is 23.3 Å². The molecule has 0 amide bonds. The van der Waals surface area contributed by atoms with Crippen molar-refractivity contribution in [2.45, 2.75) is 0 Å². The third-order valence-electron chi connectivity index (χ3n) is 1.65. The van der Waals surface area contributed by atoms with Crippen molar-refractivity contribution in [1.82, 2.24) is 15.0 Å². The Morgan fingerprint density at radius 3 is 3.17 bits per heavy atom. The summed E-state index contributed by atoms with van der Waals surface area (Å²) in [4.78, 5) is 10.7. The number of aromatic nitrogens is 3. The highest BCUT2D eigenvalue weighted by molar-refractivity contribution is 6.06. The van der Waals surface area contributed by atoms with Crippen LogP contribution in [0.15, 0.2) is 18.7 Å². The molecule has 0 bridgehead atoms. The summed E-state index contributed by atoms with van der Waals surface area (Å²) in [5.41, 5.74) is 6.68. The lowest BCUT2D eigenvalue weighted by Gasteiger charge is -1.91. The SMILES string of the molecule is N=C(N)c1c[nH]c2ncncc12. The number of nitrogens with one attached hydrogen (secondary N) is 2. The van der Waals surface area contributed by atoms with Crippen LogP contribution in [0.1, 0.15) is 5.56 Å². The van der Waals surface area contributed by atoms with Crippen molar-refractivity contribution in [2.75, 3.05) is 0 Å². The zero-order valence-corrected chi connectivity index (χ0v) is 6.20. The topological polar surface area (TPSA) is 91.4 Å². The van der Waals surface area contributed by atoms with Crippen molar-refractivity contribution in [2.24, 2.45) is 5.73 Å². The summed E-state index contributed by atoms with van der Waals surface area (Å²) in [6.45, 7) is 0. The van der Waals surface area contributed by atoms with Gasteiger partial charge >= 0.3 is 0 Å². The largest absolute Gasteiger partial charge is 0.384 e. The molecule has 12 heavy (non-hydrogen) atoms. The minimum Gasteiger partial charge on any atom is -0.384 e. The van der Waals surface area contributed by atoms with E-state index in [1.54, 1.807) is 12.4 Å². The Kier molecular flexibility index (Phi) is 1.30. The number of amidine groups is 1. The first-order chi connectivity index (χ1) is 5.79. The second-order valence-electron chi connectivity index (χ2n) is 2.40. The lowest BCUT2D eigenvalue weighted by Crippen LogP contribution is -2.10. The molecule has 0 spiro atoms. The first-order valence-electron chi connectivity index (χ1n) is 3.40. The van der Waals surface area contributed by atoms with Crippen LogP contribution < -0.4 is 5.73 Å². The maximum absolute atomic E-state index is 7.24. The maximum Gasteiger partial charge on any atom is 0.141 e. The van der Waals surface area contributed by atoms with E-state index < -0.39 is 0 Å². The number of aromatic amines is 1. The van der Waals surface area contributed by atoms with E-state index in [0.717, 1.165) is 5.39 Å². The van der Waals surface area contributed by atoms with Gasteiger partial charge in [-0.25, -0.2) is 9.97 Å². The van der Waals surface area contributed by atoms with Gasteiger partial charge in [-0.05, 0) is 0 Å². The van der Waals surface area contributed by atoms with Crippen LogP contribution in [0.3, 0.4) is 0 Å². The standard InChI is InChI=1S/C7H7N5/c8-6(9)4-2-11-7-5(4)1-10-3-12-7/h1-3H,(H3,8,9)(H,10,11,12). The van der Waals surface area contributed by atoms with E-state index in [0.29, 0.717) is 11.2 Å². The van der Waals surface area contributed by atoms with Crippen LogP contribution in [0.4, 0.5) is 0 Å². The molecule has 0 atom stereocenters. The van der Waals surface area contributed by atoms with Crippen molar-refractivity contribution < 1.29 is 0 Å². The molecule has 5 heteroatoms. The average Bonchev–Trinajstić information content (AvgIpc) is 2.47. The first kappa shape index (κ1) is 6.78. The summed E-state index contributed by atoms with van der Waals surface area (Å²) in [6.07, 6.45) is 4.74. The molecule has 2 aromatic rings. The molecule has 0 aliphatic carbocycles.